The molecule has 1 N–H and O–H groups in total. The average molecular weight is 317 g/mol. The number of urea groups is 1. The van der Waals surface area contributed by atoms with Crippen LogP contribution in [0.3, 0.4) is 0 Å². The second-order valence-electron chi connectivity index (χ2n) is 5.85. The van der Waals surface area contributed by atoms with Gasteiger partial charge in [-0.15, -0.1) is 0 Å². The van der Waals surface area contributed by atoms with Crippen LogP contribution in [0.4, 0.5) is 10.5 Å². The number of imide groups is 1. The predicted octanol–water partition coefficient (Wildman–Crippen LogP) is 2.15. The van der Waals surface area contributed by atoms with E-state index in [1.54, 1.807) is 19.1 Å². The maximum atomic E-state index is 12.5. The van der Waals surface area contributed by atoms with Crippen molar-refractivity contribution in [1.82, 2.24) is 10.2 Å². The molecule has 0 spiro atoms. The Morgan fingerprint density at radius 2 is 1.91 bits per heavy atom. The summed E-state index contributed by atoms with van der Waals surface area (Å²) in [5.41, 5.74) is 0.653. The number of nitrogens with zero attached hydrogens (tertiary/aromatic N) is 2. The lowest BCUT2D eigenvalue weighted by atomic mass is 10.2. The van der Waals surface area contributed by atoms with E-state index in [9.17, 15) is 14.4 Å². The van der Waals surface area contributed by atoms with E-state index in [1.807, 2.05) is 32.0 Å². The summed E-state index contributed by atoms with van der Waals surface area (Å²) in [5.74, 6) is -0.660. The summed E-state index contributed by atoms with van der Waals surface area (Å²) in [6.45, 7) is 5.38. The van der Waals surface area contributed by atoms with Crippen molar-refractivity contribution in [3.63, 3.8) is 0 Å². The van der Waals surface area contributed by atoms with Gasteiger partial charge in [0.2, 0.25) is 5.91 Å². The molecule has 1 aliphatic heterocycles. The quantitative estimate of drug-likeness (QED) is 0.817. The second-order valence-corrected chi connectivity index (χ2v) is 5.85. The average Bonchev–Trinajstić information content (AvgIpc) is 2.72. The molecular formula is C17H23N3O3. The number of hydrogen-bond acceptors (Lipinski definition) is 3. The first kappa shape index (κ1) is 17.0. The van der Waals surface area contributed by atoms with Crippen molar-refractivity contribution in [2.45, 2.75) is 45.7 Å². The Hall–Kier alpha value is -2.37. The number of carbonyl (C=O) groups excluding carboxylic acids is 3. The monoisotopic (exact) mass is 317 g/mol. The van der Waals surface area contributed by atoms with Crippen LogP contribution in [-0.2, 0) is 9.59 Å². The molecule has 6 heteroatoms. The van der Waals surface area contributed by atoms with Crippen LogP contribution < -0.4 is 10.2 Å². The largest absolute Gasteiger partial charge is 0.352 e. The standard InChI is InChI=1S/C17H23N3O3/c1-4-8-12(2)18-15(21)11-19-16(22)13(3)20(17(19)23)14-9-6-5-7-10-14/h5-7,9-10,12-13H,4,8,11H2,1-3H3,(H,18,21). The van der Waals surface area contributed by atoms with Gasteiger partial charge >= 0.3 is 6.03 Å². The first-order chi connectivity index (χ1) is 11.0. The number of para-hydroxylation sites is 1. The minimum absolute atomic E-state index is 0.0305. The lowest BCUT2D eigenvalue weighted by Crippen LogP contribution is -2.44. The summed E-state index contributed by atoms with van der Waals surface area (Å²) >= 11 is 0. The van der Waals surface area contributed by atoms with Crippen molar-refractivity contribution in [2.75, 3.05) is 11.4 Å². The highest BCUT2D eigenvalue weighted by Gasteiger charge is 2.43. The first-order valence-electron chi connectivity index (χ1n) is 7.94. The van der Waals surface area contributed by atoms with Crippen LogP contribution in [0.5, 0.6) is 0 Å². The molecule has 23 heavy (non-hydrogen) atoms. The Labute approximate surface area is 136 Å². The summed E-state index contributed by atoms with van der Waals surface area (Å²) in [5, 5.41) is 2.81. The normalized spacial score (nSPS) is 19.2. The van der Waals surface area contributed by atoms with Gasteiger partial charge in [-0.2, -0.15) is 0 Å². The molecular weight excluding hydrogens is 294 g/mol. The Morgan fingerprint density at radius 3 is 2.52 bits per heavy atom. The number of benzene rings is 1. The van der Waals surface area contributed by atoms with Crippen molar-refractivity contribution in [3.05, 3.63) is 30.3 Å². The summed E-state index contributed by atoms with van der Waals surface area (Å²) in [6.07, 6.45) is 1.82. The highest BCUT2D eigenvalue weighted by Crippen LogP contribution is 2.25. The molecule has 0 aliphatic carbocycles. The molecule has 2 unspecified atom stereocenters. The van der Waals surface area contributed by atoms with E-state index in [0.29, 0.717) is 5.69 Å². The van der Waals surface area contributed by atoms with Gasteiger partial charge in [-0.3, -0.25) is 19.4 Å². The maximum absolute atomic E-state index is 12.5. The van der Waals surface area contributed by atoms with E-state index < -0.39 is 12.1 Å². The number of nitrogens with one attached hydrogen (secondary N) is 1. The zero-order valence-electron chi connectivity index (χ0n) is 13.8. The molecule has 1 aromatic carbocycles. The highest BCUT2D eigenvalue weighted by molar-refractivity contribution is 6.15. The van der Waals surface area contributed by atoms with E-state index in [4.69, 9.17) is 0 Å². The van der Waals surface area contributed by atoms with Crippen molar-refractivity contribution in [1.29, 1.82) is 0 Å². The van der Waals surface area contributed by atoms with Gasteiger partial charge in [0.15, 0.2) is 0 Å². The Bertz CT molecular complexity index is 588. The Balaban J connectivity index is 2.07. The minimum Gasteiger partial charge on any atom is -0.352 e. The molecule has 1 fully saturated rings. The van der Waals surface area contributed by atoms with Gasteiger partial charge in [-0.25, -0.2) is 4.79 Å². The van der Waals surface area contributed by atoms with Crippen LogP contribution in [0.1, 0.15) is 33.6 Å². The van der Waals surface area contributed by atoms with Crippen LogP contribution >= 0.6 is 0 Å². The molecule has 4 amide bonds. The third-order valence-corrected chi connectivity index (χ3v) is 3.91. The second kappa shape index (κ2) is 7.26. The SMILES string of the molecule is CCCC(C)NC(=O)CN1C(=O)C(C)N(c2ccccc2)C1=O. The van der Waals surface area contributed by atoms with Crippen molar-refractivity contribution in [2.24, 2.45) is 0 Å². The van der Waals surface area contributed by atoms with Crippen LogP contribution in [0, 0.1) is 0 Å². The van der Waals surface area contributed by atoms with E-state index >= 15 is 0 Å². The lowest BCUT2D eigenvalue weighted by molar-refractivity contribution is -0.132. The van der Waals surface area contributed by atoms with Gasteiger partial charge in [0.25, 0.3) is 5.91 Å². The molecule has 1 saturated heterocycles. The Morgan fingerprint density at radius 1 is 1.26 bits per heavy atom. The van der Waals surface area contributed by atoms with Crippen LogP contribution in [0.2, 0.25) is 0 Å². The van der Waals surface area contributed by atoms with Crippen molar-refractivity contribution >= 4 is 23.5 Å². The molecule has 1 heterocycles. The highest BCUT2D eigenvalue weighted by atomic mass is 16.2. The van der Waals surface area contributed by atoms with Gasteiger partial charge in [0.05, 0.1) is 0 Å². The maximum Gasteiger partial charge on any atom is 0.332 e. The number of hydrogen-bond donors (Lipinski definition) is 1. The molecule has 1 aliphatic rings. The first-order valence-corrected chi connectivity index (χ1v) is 7.94. The lowest BCUT2D eigenvalue weighted by Gasteiger charge is -2.19. The summed E-state index contributed by atoms with van der Waals surface area (Å²) in [6, 6.07) is 7.98. The number of anilines is 1. The summed E-state index contributed by atoms with van der Waals surface area (Å²) < 4.78 is 0. The van der Waals surface area contributed by atoms with Crippen molar-refractivity contribution in [3.8, 4) is 0 Å². The topological polar surface area (TPSA) is 69.7 Å². The van der Waals surface area contributed by atoms with E-state index in [2.05, 4.69) is 5.32 Å². The molecule has 0 radical (unpaired) electrons. The fourth-order valence-corrected chi connectivity index (χ4v) is 2.76. The molecule has 2 atom stereocenters. The van der Waals surface area contributed by atoms with Gasteiger partial charge in [0, 0.05) is 11.7 Å². The molecule has 0 saturated carbocycles. The number of amides is 4. The van der Waals surface area contributed by atoms with E-state index in [-0.39, 0.29) is 24.4 Å². The third kappa shape index (κ3) is 3.70. The predicted molar refractivity (Wildman–Crippen MR) is 88.0 cm³/mol. The molecule has 2 rings (SSSR count). The van der Waals surface area contributed by atoms with Crippen molar-refractivity contribution < 1.29 is 14.4 Å². The van der Waals surface area contributed by atoms with Gasteiger partial charge in [0.1, 0.15) is 12.6 Å². The zero-order chi connectivity index (χ0) is 17.0. The molecule has 6 nitrogen and oxygen atoms in total. The molecule has 0 aromatic heterocycles. The summed E-state index contributed by atoms with van der Waals surface area (Å²) in [4.78, 5) is 39.3. The molecule has 0 bridgehead atoms. The van der Waals surface area contributed by atoms with Crippen LogP contribution in [0.15, 0.2) is 30.3 Å². The molecule has 1 aromatic rings. The zero-order valence-corrected chi connectivity index (χ0v) is 13.8. The van der Waals surface area contributed by atoms with Gasteiger partial charge in [-0.05, 0) is 32.4 Å². The fraction of sp³-hybridized carbons (Fsp3) is 0.471. The Kier molecular flexibility index (Phi) is 5.36. The van der Waals surface area contributed by atoms with E-state index in [0.717, 1.165) is 17.7 Å². The van der Waals surface area contributed by atoms with Crippen LogP contribution in [0.25, 0.3) is 0 Å². The minimum atomic E-state index is -0.606. The fourth-order valence-electron chi connectivity index (χ4n) is 2.76. The molecule has 124 valence electrons. The smallest absolute Gasteiger partial charge is 0.332 e. The van der Waals surface area contributed by atoms with Crippen LogP contribution in [-0.4, -0.2) is 41.4 Å². The summed E-state index contributed by atoms with van der Waals surface area (Å²) in [7, 11) is 0. The number of carbonyl (C=O) groups is 3. The van der Waals surface area contributed by atoms with E-state index in [1.165, 1.54) is 4.90 Å². The van der Waals surface area contributed by atoms with Gasteiger partial charge < -0.3 is 5.32 Å². The third-order valence-electron chi connectivity index (χ3n) is 3.91. The number of rotatable bonds is 6. The van der Waals surface area contributed by atoms with Gasteiger partial charge in [-0.1, -0.05) is 31.5 Å².